The Bertz CT molecular complexity index is 780. The number of nitrogens with one attached hydrogen (secondary N) is 1. The van der Waals surface area contributed by atoms with Crippen LogP contribution in [-0.2, 0) is 16.1 Å². The van der Waals surface area contributed by atoms with Crippen LogP contribution in [0.5, 0.6) is 0 Å². The number of hydrogen-bond donors (Lipinski definition) is 1. The van der Waals surface area contributed by atoms with Crippen molar-refractivity contribution < 1.29 is 14.4 Å². The lowest BCUT2D eigenvalue weighted by Gasteiger charge is -2.35. The first-order chi connectivity index (χ1) is 13.5. The summed E-state index contributed by atoms with van der Waals surface area (Å²) in [7, 11) is 0. The number of imide groups is 1. The maximum atomic E-state index is 12.7. The second kappa shape index (κ2) is 7.54. The molecule has 1 aromatic carbocycles. The van der Waals surface area contributed by atoms with Crippen molar-refractivity contribution in [3.05, 3.63) is 35.4 Å². The average Bonchev–Trinajstić information content (AvgIpc) is 3.23. The molecule has 4 rings (SSSR count). The quantitative estimate of drug-likeness (QED) is 0.799. The third kappa shape index (κ3) is 3.63. The maximum Gasteiger partial charge on any atom is 0.325 e. The van der Waals surface area contributed by atoms with Gasteiger partial charge in [-0.25, -0.2) is 4.79 Å². The number of aryl methyl sites for hydroxylation is 1. The van der Waals surface area contributed by atoms with E-state index in [0.717, 1.165) is 37.4 Å². The summed E-state index contributed by atoms with van der Waals surface area (Å²) in [4.78, 5) is 42.9. The molecule has 0 atom stereocenters. The van der Waals surface area contributed by atoms with Crippen molar-refractivity contribution in [1.82, 2.24) is 20.0 Å². The van der Waals surface area contributed by atoms with Gasteiger partial charge in [0.25, 0.3) is 5.91 Å². The first-order valence-electron chi connectivity index (χ1n) is 10.2. The first-order valence-corrected chi connectivity index (χ1v) is 10.2. The Hall–Kier alpha value is -2.41. The molecule has 3 fully saturated rings. The topological polar surface area (TPSA) is 73.0 Å². The van der Waals surface area contributed by atoms with E-state index in [1.54, 1.807) is 4.90 Å². The highest BCUT2D eigenvalue weighted by Crippen LogP contribution is 2.35. The second-order valence-electron chi connectivity index (χ2n) is 8.26. The van der Waals surface area contributed by atoms with E-state index >= 15 is 0 Å². The van der Waals surface area contributed by atoms with E-state index in [4.69, 9.17) is 0 Å². The predicted octanol–water partition coefficient (Wildman–Crippen LogP) is 1.50. The number of hydrogen-bond acceptors (Lipinski definition) is 4. The molecule has 1 spiro atoms. The Balaban J connectivity index is 1.29. The zero-order chi connectivity index (χ0) is 19.7. The van der Waals surface area contributed by atoms with Crippen molar-refractivity contribution in [3.63, 3.8) is 0 Å². The third-order valence-corrected chi connectivity index (χ3v) is 6.21. The molecule has 0 unspecified atom stereocenters. The molecule has 2 heterocycles. The molecule has 0 bridgehead atoms. The van der Waals surface area contributed by atoms with Crippen LogP contribution in [0.3, 0.4) is 0 Å². The minimum Gasteiger partial charge on any atom is -0.339 e. The molecule has 1 aromatic rings. The van der Waals surface area contributed by atoms with Crippen molar-refractivity contribution >= 4 is 17.8 Å². The zero-order valence-electron chi connectivity index (χ0n) is 16.4. The summed E-state index contributed by atoms with van der Waals surface area (Å²) in [6.07, 6.45) is 3.24. The van der Waals surface area contributed by atoms with Crippen molar-refractivity contribution in [2.75, 3.05) is 32.7 Å². The lowest BCUT2D eigenvalue weighted by atomic mass is 9.98. The van der Waals surface area contributed by atoms with Gasteiger partial charge in [0.05, 0.1) is 0 Å². The van der Waals surface area contributed by atoms with E-state index in [1.807, 2.05) is 0 Å². The molecule has 0 aromatic heterocycles. The summed E-state index contributed by atoms with van der Waals surface area (Å²) in [6, 6.07) is 8.05. The van der Waals surface area contributed by atoms with Gasteiger partial charge in [0.2, 0.25) is 5.91 Å². The monoisotopic (exact) mass is 384 g/mol. The van der Waals surface area contributed by atoms with Gasteiger partial charge in [0.15, 0.2) is 0 Å². The van der Waals surface area contributed by atoms with E-state index in [-0.39, 0.29) is 18.4 Å². The third-order valence-electron chi connectivity index (χ3n) is 6.21. The highest BCUT2D eigenvalue weighted by Gasteiger charge is 2.52. The van der Waals surface area contributed by atoms with Gasteiger partial charge in [-0.3, -0.25) is 19.4 Å². The standard InChI is InChI=1S/C21H28N4O3/c1-16-5-4-6-17(13-16)14-23-9-11-24(12-10-23)18(26)15-25-19(27)21(22-20(25)28)7-2-3-8-21/h4-6,13H,2-3,7-12,14-15H2,1H3,(H,22,28). The van der Waals surface area contributed by atoms with Crippen LogP contribution < -0.4 is 5.32 Å². The number of amides is 4. The Morgan fingerprint density at radius 2 is 1.82 bits per heavy atom. The molecule has 150 valence electrons. The van der Waals surface area contributed by atoms with Crippen molar-refractivity contribution in [2.24, 2.45) is 0 Å². The molecule has 4 amide bonds. The molecule has 1 saturated carbocycles. The van der Waals surface area contributed by atoms with Gasteiger partial charge in [0, 0.05) is 32.7 Å². The van der Waals surface area contributed by atoms with Gasteiger partial charge < -0.3 is 10.2 Å². The Morgan fingerprint density at radius 3 is 2.50 bits per heavy atom. The number of benzene rings is 1. The number of carbonyl (C=O) groups is 3. The van der Waals surface area contributed by atoms with Crippen LogP contribution in [0.1, 0.15) is 36.8 Å². The van der Waals surface area contributed by atoms with Crippen LogP contribution in [0.4, 0.5) is 4.79 Å². The second-order valence-corrected chi connectivity index (χ2v) is 8.26. The van der Waals surface area contributed by atoms with Crippen molar-refractivity contribution in [1.29, 1.82) is 0 Å². The van der Waals surface area contributed by atoms with Gasteiger partial charge in [0.1, 0.15) is 12.1 Å². The van der Waals surface area contributed by atoms with Crippen LogP contribution in [-0.4, -0.2) is 70.8 Å². The van der Waals surface area contributed by atoms with E-state index in [2.05, 4.69) is 41.4 Å². The van der Waals surface area contributed by atoms with E-state index in [9.17, 15) is 14.4 Å². The lowest BCUT2D eigenvalue weighted by Crippen LogP contribution is -2.52. The summed E-state index contributed by atoms with van der Waals surface area (Å²) in [5.74, 6) is -0.366. The summed E-state index contributed by atoms with van der Waals surface area (Å²) in [5.41, 5.74) is 1.78. The molecule has 7 heteroatoms. The molecule has 2 saturated heterocycles. The predicted molar refractivity (Wildman–Crippen MR) is 104 cm³/mol. The molecule has 0 radical (unpaired) electrons. The zero-order valence-corrected chi connectivity index (χ0v) is 16.4. The molecule has 1 aliphatic carbocycles. The smallest absolute Gasteiger partial charge is 0.325 e. The summed E-state index contributed by atoms with van der Waals surface area (Å²) < 4.78 is 0. The van der Waals surface area contributed by atoms with Gasteiger partial charge in [-0.1, -0.05) is 42.7 Å². The fraction of sp³-hybridized carbons (Fsp3) is 0.571. The van der Waals surface area contributed by atoms with Crippen LogP contribution in [0, 0.1) is 6.92 Å². The Labute approximate surface area is 165 Å². The molecule has 2 aliphatic heterocycles. The lowest BCUT2D eigenvalue weighted by molar-refractivity contribution is -0.140. The highest BCUT2D eigenvalue weighted by molar-refractivity contribution is 6.09. The van der Waals surface area contributed by atoms with Crippen LogP contribution in [0.2, 0.25) is 0 Å². The van der Waals surface area contributed by atoms with Crippen molar-refractivity contribution in [3.8, 4) is 0 Å². The fourth-order valence-electron chi connectivity index (χ4n) is 4.60. The summed E-state index contributed by atoms with van der Waals surface area (Å²) in [5, 5.41) is 2.83. The Kier molecular flexibility index (Phi) is 5.10. The molecule has 28 heavy (non-hydrogen) atoms. The van der Waals surface area contributed by atoms with Gasteiger partial charge in [-0.05, 0) is 25.3 Å². The van der Waals surface area contributed by atoms with E-state index < -0.39 is 11.6 Å². The normalized spacial score (nSPS) is 22.2. The van der Waals surface area contributed by atoms with E-state index in [1.165, 1.54) is 11.1 Å². The largest absolute Gasteiger partial charge is 0.339 e. The maximum absolute atomic E-state index is 12.7. The fourth-order valence-corrected chi connectivity index (χ4v) is 4.60. The van der Waals surface area contributed by atoms with Gasteiger partial charge >= 0.3 is 6.03 Å². The minimum atomic E-state index is -0.746. The summed E-state index contributed by atoms with van der Waals surface area (Å²) >= 11 is 0. The number of nitrogens with zero attached hydrogens (tertiary/aromatic N) is 3. The van der Waals surface area contributed by atoms with Crippen molar-refractivity contribution in [2.45, 2.75) is 44.7 Å². The first kappa shape index (κ1) is 18.9. The molecule has 1 N–H and O–H groups in total. The number of piperazine rings is 1. The summed E-state index contributed by atoms with van der Waals surface area (Å²) in [6.45, 7) is 5.65. The van der Waals surface area contributed by atoms with Gasteiger partial charge in [-0.15, -0.1) is 0 Å². The number of rotatable bonds is 4. The minimum absolute atomic E-state index is 0.145. The Morgan fingerprint density at radius 1 is 1.11 bits per heavy atom. The van der Waals surface area contributed by atoms with E-state index in [0.29, 0.717) is 25.9 Å². The molecule has 3 aliphatic rings. The SMILES string of the molecule is Cc1cccc(CN2CCN(C(=O)CN3C(=O)NC4(CCCC4)C3=O)CC2)c1. The highest BCUT2D eigenvalue weighted by atomic mass is 16.2. The number of carbonyl (C=O) groups excluding carboxylic acids is 3. The average molecular weight is 384 g/mol. The molecular weight excluding hydrogens is 356 g/mol. The molecular formula is C21H28N4O3. The van der Waals surface area contributed by atoms with Crippen LogP contribution in [0.25, 0.3) is 0 Å². The van der Waals surface area contributed by atoms with Crippen LogP contribution in [0.15, 0.2) is 24.3 Å². The number of urea groups is 1. The molecule has 7 nitrogen and oxygen atoms in total. The van der Waals surface area contributed by atoms with Crippen LogP contribution >= 0.6 is 0 Å². The van der Waals surface area contributed by atoms with Gasteiger partial charge in [-0.2, -0.15) is 0 Å².